The van der Waals surface area contributed by atoms with Crippen LogP contribution in [0.15, 0.2) is 41.3 Å². The normalized spacial score (nSPS) is 16.7. The van der Waals surface area contributed by atoms with Crippen LogP contribution in [0.2, 0.25) is 0 Å². The summed E-state index contributed by atoms with van der Waals surface area (Å²) in [6.07, 6.45) is -1.69. The monoisotopic (exact) mass is 478 g/mol. The minimum atomic E-state index is -4.63. The minimum absolute atomic E-state index is 0. The van der Waals surface area contributed by atoms with Crippen molar-refractivity contribution in [1.82, 2.24) is 19.8 Å². The quantitative estimate of drug-likeness (QED) is 0.609. The van der Waals surface area contributed by atoms with Crippen molar-refractivity contribution in [1.29, 1.82) is 0 Å². The molecule has 0 atom stereocenters. The second-order valence-corrected chi connectivity index (χ2v) is 8.29. The molecule has 0 spiro atoms. The van der Waals surface area contributed by atoms with Gasteiger partial charge in [0.15, 0.2) is 0 Å². The molecule has 0 saturated carbocycles. The van der Waals surface area contributed by atoms with Crippen molar-refractivity contribution in [2.45, 2.75) is 31.6 Å². The van der Waals surface area contributed by atoms with Gasteiger partial charge in [0.05, 0.1) is 5.56 Å². The number of benzene rings is 1. The molecule has 1 amide bonds. The van der Waals surface area contributed by atoms with Crippen LogP contribution in [0.25, 0.3) is 22.2 Å². The Balaban J connectivity index is 0.00000259. The summed E-state index contributed by atoms with van der Waals surface area (Å²) >= 11 is 0. The standard InChI is InChI=1S/C23H21F3N4O2.ClH/c1-29-20(31)11-16(15-3-2-6-28-21(15)29)13-9-17-18(19(10-13)23(24,25)26)12-30(22(17)32)14-4-7-27-8-5-14;/h2-3,6,9-11,14,27H,4-5,7-8,12H2,1H3;1H. The average Bonchev–Trinajstić information content (AvgIpc) is 3.12. The fourth-order valence-electron chi connectivity index (χ4n) is 4.77. The highest BCUT2D eigenvalue weighted by molar-refractivity contribution is 6.02. The molecule has 5 rings (SSSR count). The van der Waals surface area contributed by atoms with Crippen LogP contribution in [0.5, 0.6) is 0 Å². The Morgan fingerprint density at radius 2 is 1.82 bits per heavy atom. The van der Waals surface area contributed by atoms with Gasteiger partial charge in [0, 0.05) is 42.8 Å². The van der Waals surface area contributed by atoms with Gasteiger partial charge in [-0.25, -0.2) is 4.98 Å². The van der Waals surface area contributed by atoms with E-state index in [0.717, 1.165) is 19.2 Å². The predicted octanol–water partition coefficient (Wildman–Crippen LogP) is 3.75. The maximum Gasteiger partial charge on any atom is 0.416 e. The molecule has 1 N–H and O–H groups in total. The molecule has 1 fully saturated rings. The smallest absolute Gasteiger partial charge is 0.331 e. The summed E-state index contributed by atoms with van der Waals surface area (Å²) in [6, 6.07) is 7.14. The Bertz CT molecular complexity index is 1300. The lowest BCUT2D eigenvalue weighted by atomic mass is 9.94. The second-order valence-electron chi connectivity index (χ2n) is 8.29. The Kier molecular flexibility index (Phi) is 5.96. The van der Waals surface area contributed by atoms with Gasteiger partial charge in [-0.2, -0.15) is 13.2 Å². The highest BCUT2D eigenvalue weighted by Gasteiger charge is 2.42. The van der Waals surface area contributed by atoms with Gasteiger partial charge in [-0.15, -0.1) is 12.4 Å². The fourth-order valence-corrected chi connectivity index (χ4v) is 4.77. The molecule has 2 aliphatic rings. The third-order valence-electron chi connectivity index (χ3n) is 6.43. The van der Waals surface area contributed by atoms with Crippen LogP contribution in [0.3, 0.4) is 0 Å². The lowest BCUT2D eigenvalue weighted by Gasteiger charge is -2.31. The van der Waals surface area contributed by atoms with Crippen LogP contribution in [-0.2, 0) is 19.8 Å². The summed E-state index contributed by atoms with van der Waals surface area (Å²) in [5.74, 6) is -0.384. The molecule has 3 aromatic rings. The van der Waals surface area contributed by atoms with Crippen molar-refractivity contribution in [3.8, 4) is 11.1 Å². The Morgan fingerprint density at radius 3 is 2.52 bits per heavy atom. The zero-order valence-electron chi connectivity index (χ0n) is 17.8. The van der Waals surface area contributed by atoms with Crippen molar-refractivity contribution in [3.63, 3.8) is 0 Å². The zero-order valence-corrected chi connectivity index (χ0v) is 18.6. The summed E-state index contributed by atoms with van der Waals surface area (Å²) in [5, 5.41) is 3.76. The van der Waals surface area contributed by atoms with E-state index in [-0.39, 0.29) is 53.2 Å². The van der Waals surface area contributed by atoms with Crippen molar-refractivity contribution in [2.24, 2.45) is 7.05 Å². The number of hydrogen-bond acceptors (Lipinski definition) is 4. The molecular weight excluding hydrogens is 457 g/mol. The number of pyridine rings is 2. The number of piperidine rings is 1. The number of aromatic nitrogens is 2. The number of carbonyl (C=O) groups excluding carboxylic acids is 1. The first-order chi connectivity index (χ1) is 15.3. The van der Waals surface area contributed by atoms with Crippen molar-refractivity contribution in [3.05, 3.63) is 63.6 Å². The van der Waals surface area contributed by atoms with E-state index in [4.69, 9.17) is 0 Å². The van der Waals surface area contributed by atoms with Gasteiger partial charge in [0.25, 0.3) is 11.5 Å². The Hall–Kier alpha value is -2.91. The molecule has 6 nitrogen and oxygen atoms in total. The SMILES string of the molecule is Cl.Cn1c(=O)cc(-c2cc3c(c(C(F)(F)F)c2)CN(C2CCNCC2)C3=O)c2cccnc21. The van der Waals surface area contributed by atoms with E-state index >= 15 is 0 Å². The third-order valence-corrected chi connectivity index (χ3v) is 6.43. The number of nitrogens with zero attached hydrogens (tertiary/aromatic N) is 3. The van der Waals surface area contributed by atoms with E-state index in [0.29, 0.717) is 29.4 Å². The van der Waals surface area contributed by atoms with Gasteiger partial charge >= 0.3 is 6.18 Å². The van der Waals surface area contributed by atoms with E-state index in [2.05, 4.69) is 10.3 Å². The molecule has 0 aliphatic carbocycles. The Morgan fingerprint density at radius 1 is 1.09 bits per heavy atom. The summed E-state index contributed by atoms with van der Waals surface area (Å²) in [6.45, 7) is 1.41. The van der Waals surface area contributed by atoms with Crippen molar-refractivity contribution >= 4 is 29.3 Å². The van der Waals surface area contributed by atoms with E-state index in [9.17, 15) is 22.8 Å². The number of rotatable bonds is 2. The fraction of sp³-hybridized carbons (Fsp3) is 0.348. The summed E-state index contributed by atoms with van der Waals surface area (Å²) < 4.78 is 43.6. The summed E-state index contributed by atoms with van der Waals surface area (Å²) in [7, 11) is 1.56. The lowest BCUT2D eigenvalue weighted by molar-refractivity contribution is -0.138. The minimum Gasteiger partial charge on any atom is -0.331 e. The first-order valence-electron chi connectivity index (χ1n) is 10.5. The number of carbonyl (C=O) groups is 1. The van der Waals surface area contributed by atoms with Gasteiger partial charge in [0.2, 0.25) is 0 Å². The van der Waals surface area contributed by atoms with Gasteiger partial charge in [-0.1, -0.05) is 0 Å². The number of nitrogens with one attached hydrogen (secondary N) is 1. The van der Waals surface area contributed by atoms with Crippen molar-refractivity contribution < 1.29 is 18.0 Å². The molecule has 2 aliphatic heterocycles. The molecule has 174 valence electrons. The summed E-state index contributed by atoms with van der Waals surface area (Å²) in [4.78, 5) is 31.5. The highest BCUT2D eigenvalue weighted by atomic mass is 35.5. The lowest BCUT2D eigenvalue weighted by Crippen LogP contribution is -2.43. The van der Waals surface area contributed by atoms with Crippen LogP contribution in [-0.4, -0.2) is 39.5 Å². The molecule has 4 heterocycles. The van der Waals surface area contributed by atoms with E-state index in [1.54, 1.807) is 24.1 Å². The maximum atomic E-state index is 14.1. The molecule has 0 radical (unpaired) electrons. The number of alkyl halides is 3. The van der Waals surface area contributed by atoms with Gasteiger partial charge in [-0.05, 0) is 66.9 Å². The number of fused-ring (bicyclic) bond motifs is 2. The second kappa shape index (κ2) is 8.46. The van der Waals surface area contributed by atoms with Gasteiger partial charge in [-0.3, -0.25) is 14.2 Å². The van der Waals surface area contributed by atoms with Crippen LogP contribution in [0, 0.1) is 0 Å². The van der Waals surface area contributed by atoms with Gasteiger partial charge < -0.3 is 10.2 Å². The first-order valence-corrected chi connectivity index (χ1v) is 10.5. The first kappa shape index (κ1) is 23.3. The topological polar surface area (TPSA) is 67.2 Å². The molecule has 10 heteroatoms. The zero-order chi connectivity index (χ0) is 22.6. The predicted molar refractivity (Wildman–Crippen MR) is 120 cm³/mol. The number of amides is 1. The number of aryl methyl sites for hydroxylation is 1. The number of halogens is 4. The van der Waals surface area contributed by atoms with Crippen molar-refractivity contribution in [2.75, 3.05) is 13.1 Å². The van der Waals surface area contributed by atoms with Crippen LogP contribution in [0.1, 0.15) is 34.3 Å². The molecule has 2 aromatic heterocycles. The molecule has 33 heavy (non-hydrogen) atoms. The largest absolute Gasteiger partial charge is 0.416 e. The summed E-state index contributed by atoms with van der Waals surface area (Å²) in [5.41, 5.74) is -0.255. The van der Waals surface area contributed by atoms with Crippen LogP contribution in [0.4, 0.5) is 13.2 Å². The third kappa shape index (κ3) is 3.89. The maximum absolute atomic E-state index is 14.1. The molecule has 1 aromatic carbocycles. The van der Waals surface area contributed by atoms with Gasteiger partial charge in [0.1, 0.15) is 5.65 Å². The molecule has 1 saturated heterocycles. The average molecular weight is 479 g/mol. The molecule has 0 bridgehead atoms. The van der Waals surface area contributed by atoms with E-state index < -0.39 is 11.7 Å². The van der Waals surface area contributed by atoms with Crippen LogP contribution < -0.4 is 10.9 Å². The Labute approximate surface area is 193 Å². The molecular formula is C23H22ClF3N4O2. The highest BCUT2D eigenvalue weighted by Crippen LogP contribution is 2.41. The van der Waals surface area contributed by atoms with E-state index in [1.807, 2.05) is 0 Å². The van der Waals surface area contributed by atoms with Crippen LogP contribution >= 0.6 is 12.4 Å². The van der Waals surface area contributed by atoms with E-state index in [1.165, 1.54) is 22.9 Å². The molecule has 0 unspecified atom stereocenters. The number of hydrogen-bond donors (Lipinski definition) is 1.